The van der Waals surface area contributed by atoms with E-state index in [2.05, 4.69) is 41.3 Å². The van der Waals surface area contributed by atoms with Gasteiger partial charge >= 0.3 is 0 Å². The average molecular weight is 234 g/mol. The molecule has 2 fully saturated rings. The third kappa shape index (κ3) is 1.66. The first-order valence-electron chi connectivity index (χ1n) is 6.68. The van der Waals surface area contributed by atoms with Gasteiger partial charge in [0.25, 0.3) is 0 Å². The van der Waals surface area contributed by atoms with Crippen LogP contribution in [-0.4, -0.2) is 35.4 Å². The summed E-state index contributed by atoms with van der Waals surface area (Å²) in [5, 5.41) is 10.9. The van der Waals surface area contributed by atoms with Crippen LogP contribution in [0, 0.1) is 13.8 Å². The van der Waals surface area contributed by atoms with Gasteiger partial charge in [0, 0.05) is 18.1 Å². The predicted octanol–water partition coefficient (Wildman–Crippen LogP) is 1.75. The maximum atomic E-state index is 4.34. The molecule has 94 valence electrons. The highest BCUT2D eigenvalue weighted by atomic mass is 15.3. The van der Waals surface area contributed by atoms with Crippen molar-refractivity contribution in [2.24, 2.45) is 0 Å². The molecule has 3 heterocycles. The molecule has 4 nitrogen and oxygen atoms in total. The van der Waals surface area contributed by atoms with Crippen molar-refractivity contribution in [2.75, 3.05) is 11.9 Å². The number of nitrogens with zero attached hydrogens (tertiary/aromatic N) is 2. The Labute approximate surface area is 103 Å². The first kappa shape index (κ1) is 11.1. The molecule has 2 bridgehead atoms. The van der Waals surface area contributed by atoms with Crippen LogP contribution in [0.25, 0.3) is 0 Å². The largest absolute Gasteiger partial charge is 0.362 e. The average Bonchev–Trinajstić information content (AvgIpc) is 2.75. The minimum absolute atomic E-state index is 0.705. The van der Waals surface area contributed by atoms with Gasteiger partial charge in [0.05, 0.1) is 17.1 Å². The summed E-state index contributed by atoms with van der Waals surface area (Å²) in [5.74, 6) is 0. The Hall–Kier alpha value is -1.03. The van der Waals surface area contributed by atoms with Crippen LogP contribution in [0.4, 0.5) is 5.69 Å². The van der Waals surface area contributed by atoms with Crippen molar-refractivity contribution < 1.29 is 0 Å². The fraction of sp³-hybridized carbons (Fsp3) is 0.769. The van der Waals surface area contributed by atoms with E-state index in [4.69, 9.17) is 0 Å². The summed E-state index contributed by atoms with van der Waals surface area (Å²) in [7, 11) is 2.09. The number of rotatable bonds is 2. The standard InChI is InChI=1S/C13H22N4/c1-8-13(9(2)16-15-8)17-11-4-5-12(17)7-10(6-11)14-3/h10-12,14H,4-7H2,1-3H3,(H,15,16). The summed E-state index contributed by atoms with van der Waals surface area (Å²) < 4.78 is 0. The fourth-order valence-corrected chi connectivity index (χ4v) is 3.70. The summed E-state index contributed by atoms with van der Waals surface area (Å²) in [6.07, 6.45) is 5.23. The molecule has 3 rings (SSSR count). The van der Waals surface area contributed by atoms with Crippen molar-refractivity contribution in [2.45, 2.75) is 57.7 Å². The van der Waals surface area contributed by atoms with Crippen LogP contribution in [0.15, 0.2) is 0 Å². The number of hydrogen-bond acceptors (Lipinski definition) is 3. The Morgan fingerprint density at radius 1 is 1.24 bits per heavy atom. The summed E-state index contributed by atoms with van der Waals surface area (Å²) >= 11 is 0. The van der Waals surface area contributed by atoms with E-state index in [1.807, 2.05) is 0 Å². The molecule has 0 saturated carbocycles. The quantitative estimate of drug-likeness (QED) is 0.819. The lowest BCUT2D eigenvalue weighted by molar-refractivity contribution is 0.373. The van der Waals surface area contributed by atoms with Gasteiger partial charge < -0.3 is 10.2 Å². The molecule has 0 aromatic carbocycles. The van der Waals surface area contributed by atoms with Crippen molar-refractivity contribution >= 4 is 5.69 Å². The van der Waals surface area contributed by atoms with Crippen LogP contribution in [0.5, 0.6) is 0 Å². The normalized spacial score (nSPS) is 32.2. The van der Waals surface area contributed by atoms with E-state index in [0.29, 0.717) is 18.1 Å². The summed E-state index contributed by atoms with van der Waals surface area (Å²) in [4.78, 5) is 2.64. The molecule has 1 aromatic heterocycles. The SMILES string of the molecule is CNC1CC2CCC(C1)N2c1c(C)n[nH]c1C. The molecule has 0 amide bonds. The molecular formula is C13H22N4. The molecule has 0 aliphatic carbocycles. The van der Waals surface area contributed by atoms with Crippen LogP contribution in [0.2, 0.25) is 0 Å². The Bertz CT molecular complexity index is 378. The molecule has 2 saturated heterocycles. The van der Waals surface area contributed by atoms with Crippen molar-refractivity contribution in [1.29, 1.82) is 0 Å². The lowest BCUT2D eigenvalue weighted by Gasteiger charge is -2.40. The van der Waals surface area contributed by atoms with Crippen LogP contribution in [0.3, 0.4) is 0 Å². The Morgan fingerprint density at radius 3 is 2.35 bits per heavy atom. The highest BCUT2D eigenvalue weighted by Gasteiger charge is 2.41. The molecule has 2 aliphatic rings. The lowest BCUT2D eigenvalue weighted by Crippen LogP contribution is -2.48. The van der Waals surface area contributed by atoms with Crippen LogP contribution in [0.1, 0.15) is 37.1 Å². The predicted molar refractivity (Wildman–Crippen MR) is 69.4 cm³/mol. The zero-order chi connectivity index (χ0) is 12.0. The van der Waals surface area contributed by atoms with Crippen molar-refractivity contribution in [3.05, 3.63) is 11.4 Å². The lowest BCUT2D eigenvalue weighted by atomic mass is 9.96. The number of fused-ring (bicyclic) bond motifs is 2. The van der Waals surface area contributed by atoms with E-state index < -0.39 is 0 Å². The van der Waals surface area contributed by atoms with Gasteiger partial charge in [0.15, 0.2) is 0 Å². The molecule has 17 heavy (non-hydrogen) atoms. The van der Waals surface area contributed by atoms with E-state index in [1.165, 1.54) is 37.1 Å². The number of nitrogens with one attached hydrogen (secondary N) is 2. The molecule has 0 radical (unpaired) electrons. The van der Waals surface area contributed by atoms with Crippen molar-refractivity contribution in [1.82, 2.24) is 15.5 Å². The van der Waals surface area contributed by atoms with Gasteiger partial charge in [-0.25, -0.2) is 0 Å². The minimum Gasteiger partial charge on any atom is -0.362 e. The molecule has 4 heteroatoms. The second-order valence-electron chi connectivity index (χ2n) is 5.53. The molecule has 2 N–H and O–H groups in total. The van der Waals surface area contributed by atoms with Gasteiger partial charge in [-0.2, -0.15) is 5.10 Å². The van der Waals surface area contributed by atoms with Crippen molar-refractivity contribution in [3.63, 3.8) is 0 Å². The van der Waals surface area contributed by atoms with Crippen LogP contribution >= 0.6 is 0 Å². The Morgan fingerprint density at radius 2 is 1.88 bits per heavy atom. The third-order valence-corrected chi connectivity index (χ3v) is 4.49. The molecule has 2 atom stereocenters. The minimum atomic E-state index is 0.705. The first-order chi connectivity index (χ1) is 8.20. The van der Waals surface area contributed by atoms with Crippen LogP contribution in [-0.2, 0) is 0 Å². The second kappa shape index (κ2) is 4.02. The number of aromatic amines is 1. The zero-order valence-corrected chi connectivity index (χ0v) is 11.0. The molecule has 1 aromatic rings. The van der Waals surface area contributed by atoms with Gasteiger partial charge in [-0.3, -0.25) is 5.10 Å². The number of piperidine rings is 1. The fourth-order valence-electron chi connectivity index (χ4n) is 3.70. The van der Waals surface area contributed by atoms with Gasteiger partial charge in [-0.15, -0.1) is 0 Å². The number of hydrogen-bond donors (Lipinski definition) is 2. The van der Waals surface area contributed by atoms with Gasteiger partial charge in [0.2, 0.25) is 0 Å². The smallest absolute Gasteiger partial charge is 0.0827 e. The zero-order valence-electron chi connectivity index (χ0n) is 11.0. The highest BCUT2D eigenvalue weighted by Crippen LogP contribution is 2.41. The summed E-state index contributed by atoms with van der Waals surface area (Å²) in [6.45, 7) is 4.25. The van der Waals surface area contributed by atoms with E-state index >= 15 is 0 Å². The third-order valence-electron chi connectivity index (χ3n) is 4.49. The van der Waals surface area contributed by atoms with Gasteiger partial charge in [0.1, 0.15) is 0 Å². The summed E-state index contributed by atoms with van der Waals surface area (Å²) in [5.41, 5.74) is 3.75. The topological polar surface area (TPSA) is 44.0 Å². The molecule has 2 aliphatic heterocycles. The Kier molecular flexibility index (Phi) is 2.62. The van der Waals surface area contributed by atoms with E-state index in [9.17, 15) is 0 Å². The van der Waals surface area contributed by atoms with E-state index in [-0.39, 0.29) is 0 Å². The summed E-state index contributed by atoms with van der Waals surface area (Å²) in [6, 6.07) is 2.12. The molecular weight excluding hydrogens is 212 g/mol. The van der Waals surface area contributed by atoms with Gasteiger partial charge in [-0.05, 0) is 46.6 Å². The van der Waals surface area contributed by atoms with Crippen molar-refractivity contribution in [3.8, 4) is 0 Å². The number of aromatic nitrogens is 2. The highest BCUT2D eigenvalue weighted by molar-refractivity contribution is 5.57. The second-order valence-corrected chi connectivity index (χ2v) is 5.53. The number of H-pyrrole nitrogens is 1. The number of anilines is 1. The number of aryl methyl sites for hydroxylation is 2. The maximum Gasteiger partial charge on any atom is 0.0827 e. The van der Waals surface area contributed by atoms with Crippen LogP contribution < -0.4 is 10.2 Å². The first-order valence-corrected chi connectivity index (χ1v) is 6.68. The molecule has 2 unspecified atom stereocenters. The monoisotopic (exact) mass is 234 g/mol. The Balaban J connectivity index is 1.91. The van der Waals surface area contributed by atoms with Gasteiger partial charge in [-0.1, -0.05) is 0 Å². The van der Waals surface area contributed by atoms with E-state index in [0.717, 1.165) is 5.69 Å². The maximum absolute atomic E-state index is 4.34. The molecule has 0 spiro atoms. The van der Waals surface area contributed by atoms with E-state index in [1.54, 1.807) is 0 Å².